The van der Waals surface area contributed by atoms with Gasteiger partial charge in [0.15, 0.2) is 0 Å². The van der Waals surface area contributed by atoms with Gasteiger partial charge in [-0.25, -0.2) is 0 Å². The Bertz CT molecular complexity index is 1150. The van der Waals surface area contributed by atoms with E-state index in [0.29, 0.717) is 36.0 Å². The Kier molecular flexibility index (Phi) is 6.67. The molecule has 9 heteroatoms. The highest BCUT2D eigenvalue weighted by molar-refractivity contribution is 9.10. The summed E-state index contributed by atoms with van der Waals surface area (Å²) in [7, 11) is 0. The monoisotopic (exact) mass is 496 g/mol. The van der Waals surface area contributed by atoms with Crippen molar-refractivity contribution in [2.75, 3.05) is 36.4 Å². The average molecular weight is 497 g/mol. The van der Waals surface area contributed by atoms with Crippen molar-refractivity contribution >= 4 is 45.0 Å². The molecule has 0 spiro atoms. The third kappa shape index (κ3) is 5.24. The quantitative estimate of drug-likeness (QED) is 0.292. The Morgan fingerprint density at radius 2 is 1.88 bits per heavy atom. The predicted molar refractivity (Wildman–Crippen MR) is 128 cm³/mol. The molecule has 1 amide bonds. The molecule has 32 heavy (non-hydrogen) atoms. The molecular formula is C23H21BrN4O4. The lowest BCUT2D eigenvalue weighted by Crippen LogP contribution is -2.43. The van der Waals surface area contributed by atoms with Gasteiger partial charge in [0.05, 0.1) is 4.92 Å². The van der Waals surface area contributed by atoms with Gasteiger partial charge in [-0.15, -0.1) is 0 Å². The van der Waals surface area contributed by atoms with Crippen molar-refractivity contribution in [3.05, 3.63) is 81.0 Å². The van der Waals surface area contributed by atoms with Gasteiger partial charge in [-0.3, -0.25) is 14.9 Å². The summed E-state index contributed by atoms with van der Waals surface area (Å²) in [6.07, 6.45) is 2.89. The van der Waals surface area contributed by atoms with Gasteiger partial charge < -0.3 is 20.0 Å². The topological polar surface area (TPSA) is 101 Å². The number of piperazine rings is 1. The predicted octanol–water partition coefficient (Wildman–Crippen LogP) is 4.68. The van der Waals surface area contributed by atoms with E-state index in [0.717, 1.165) is 23.1 Å². The van der Waals surface area contributed by atoms with Gasteiger partial charge in [0.25, 0.3) is 5.69 Å². The lowest BCUT2D eigenvalue weighted by molar-refractivity contribution is -0.384. The third-order valence-electron chi connectivity index (χ3n) is 5.05. The largest absolute Gasteiger partial charge is 0.457 e. The van der Waals surface area contributed by atoms with Crippen LogP contribution in [0.1, 0.15) is 5.76 Å². The van der Waals surface area contributed by atoms with E-state index < -0.39 is 10.8 Å². The van der Waals surface area contributed by atoms with Crippen molar-refractivity contribution in [2.45, 2.75) is 0 Å². The number of halogens is 1. The summed E-state index contributed by atoms with van der Waals surface area (Å²) in [5.41, 5.74) is 1.81. The number of nitrogens with one attached hydrogen (secondary N) is 2. The van der Waals surface area contributed by atoms with E-state index in [9.17, 15) is 14.9 Å². The van der Waals surface area contributed by atoms with E-state index in [1.807, 2.05) is 35.2 Å². The van der Waals surface area contributed by atoms with Crippen molar-refractivity contribution in [1.29, 1.82) is 0 Å². The van der Waals surface area contributed by atoms with Crippen LogP contribution < -0.4 is 15.5 Å². The van der Waals surface area contributed by atoms with Crippen molar-refractivity contribution in [3.63, 3.8) is 0 Å². The fourth-order valence-corrected chi connectivity index (χ4v) is 3.74. The zero-order valence-corrected chi connectivity index (χ0v) is 18.7. The maximum absolute atomic E-state index is 12.3. The molecule has 3 aromatic rings. The van der Waals surface area contributed by atoms with E-state index in [1.54, 1.807) is 24.3 Å². The molecule has 0 radical (unpaired) electrons. The number of nitro groups is 1. The second-order valence-corrected chi connectivity index (χ2v) is 8.14. The number of anilines is 2. The normalized spacial score (nSPS) is 14.0. The van der Waals surface area contributed by atoms with Crippen molar-refractivity contribution < 1.29 is 14.1 Å². The van der Waals surface area contributed by atoms with Gasteiger partial charge in [-0.2, -0.15) is 0 Å². The Labute approximate surface area is 193 Å². The third-order valence-corrected chi connectivity index (χ3v) is 5.58. The molecule has 0 unspecified atom stereocenters. The molecule has 2 N–H and O–H groups in total. The molecule has 1 aliphatic heterocycles. The van der Waals surface area contributed by atoms with Crippen LogP contribution in [0, 0.1) is 10.1 Å². The molecule has 0 bridgehead atoms. The number of hydrogen-bond acceptors (Lipinski definition) is 6. The second-order valence-electron chi connectivity index (χ2n) is 7.23. The Morgan fingerprint density at radius 1 is 1.12 bits per heavy atom. The number of hydrogen-bond donors (Lipinski definition) is 2. The fourth-order valence-electron chi connectivity index (χ4n) is 3.47. The first-order valence-electron chi connectivity index (χ1n) is 10.1. The smallest absolute Gasteiger partial charge is 0.294 e. The Balaban J connectivity index is 1.43. The Morgan fingerprint density at radius 3 is 2.59 bits per heavy atom. The number of nitro benzene ring substituents is 1. The van der Waals surface area contributed by atoms with E-state index in [2.05, 4.69) is 26.6 Å². The molecule has 0 atom stereocenters. The van der Waals surface area contributed by atoms with E-state index >= 15 is 0 Å². The average Bonchev–Trinajstić information content (AvgIpc) is 3.28. The zero-order chi connectivity index (χ0) is 22.5. The number of rotatable bonds is 6. The second kappa shape index (κ2) is 9.80. The summed E-state index contributed by atoms with van der Waals surface area (Å²) < 4.78 is 6.74. The summed E-state index contributed by atoms with van der Waals surface area (Å²) in [5, 5.41) is 17.5. The molecule has 2 heterocycles. The molecule has 0 saturated carbocycles. The molecule has 1 saturated heterocycles. The summed E-state index contributed by atoms with van der Waals surface area (Å²) in [5.74, 6) is 0.811. The van der Waals surface area contributed by atoms with E-state index in [4.69, 9.17) is 4.42 Å². The zero-order valence-electron chi connectivity index (χ0n) is 17.1. The minimum absolute atomic E-state index is 0.0288. The Hall–Kier alpha value is -3.43. The highest BCUT2D eigenvalue weighted by Gasteiger charge is 2.21. The van der Waals surface area contributed by atoms with Crippen LogP contribution in [0.15, 0.2) is 69.6 Å². The van der Waals surface area contributed by atoms with Crippen LogP contribution in [-0.4, -0.2) is 37.0 Å². The highest BCUT2D eigenvalue weighted by atomic mass is 79.9. The molecule has 4 rings (SSSR count). The number of amides is 1. The van der Waals surface area contributed by atoms with Crippen molar-refractivity contribution in [3.8, 4) is 11.3 Å². The van der Waals surface area contributed by atoms with Crippen molar-refractivity contribution in [1.82, 2.24) is 5.32 Å². The number of nitrogens with zero attached hydrogens (tertiary/aromatic N) is 2. The molecule has 164 valence electrons. The van der Waals surface area contributed by atoms with Crippen LogP contribution in [-0.2, 0) is 4.79 Å². The first-order valence-corrected chi connectivity index (χ1v) is 10.9. The van der Waals surface area contributed by atoms with Crippen LogP contribution in [0.4, 0.5) is 17.1 Å². The summed E-state index contributed by atoms with van der Waals surface area (Å²) in [6.45, 7) is 2.94. The molecule has 1 aliphatic rings. The highest BCUT2D eigenvalue weighted by Crippen LogP contribution is 2.31. The van der Waals surface area contributed by atoms with Crippen LogP contribution in [0.25, 0.3) is 17.4 Å². The number of furan rings is 1. The minimum atomic E-state index is -0.421. The molecule has 0 aliphatic carbocycles. The first kappa shape index (κ1) is 21.8. The molecule has 1 fully saturated rings. The molecular weight excluding hydrogens is 476 g/mol. The minimum Gasteiger partial charge on any atom is -0.457 e. The fraction of sp³-hybridized carbons (Fsp3) is 0.174. The van der Waals surface area contributed by atoms with Gasteiger partial charge in [-0.1, -0.05) is 28.1 Å². The first-order chi connectivity index (χ1) is 15.5. The summed E-state index contributed by atoms with van der Waals surface area (Å²) >= 11 is 3.40. The van der Waals surface area contributed by atoms with Gasteiger partial charge in [0.2, 0.25) is 5.91 Å². The lowest BCUT2D eigenvalue weighted by atomic mass is 10.2. The molecule has 2 aromatic carbocycles. The van der Waals surface area contributed by atoms with Crippen molar-refractivity contribution in [2.24, 2.45) is 0 Å². The lowest BCUT2D eigenvalue weighted by Gasteiger charge is -2.29. The van der Waals surface area contributed by atoms with Crippen LogP contribution in [0.3, 0.4) is 0 Å². The SMILES string of the molecule is O=C(/C=C/c1ccc(-c2ccc(Br)cc2)o1)Nc1ccc(N2CCNCC2)c([N+](=O)[O-])c1. The molecule has 1 aromatic heterocycles. The molecule has 8 nitrogen and oxygen atoms in total. The summed E-state index contributed by atoms with van der Waals surface area (Å²) in [4.78, 5) is 25.5. The number of carbonyl (C=O) groups is 1. The van der Waals surface area contributed by atoms with Gasteiger partial charge in [-0.05, 0) is 42.5 Å². The van der Waals surface area contributed by atoms with Crippen LogP contribution >= 0.6 is 15.9 Å². The standard InChI is InChI=1S/C23H21BrN4O4/c24-17-3-1-16(2-4-17)22-9-6-19(32-22)7-10-23(29)26-18-5-8-20(21(15-18)28(30)31)27-13-11-25-12-14-27/h1-10,15,25H,11-14H2,(H,26,29)/b10-7+. The maximum Gasteiger partial charge on any atom is 0.294 e. The van der Waals surface area contributed by atoms with E-state index in [1.165, 1.54) is 12.1 Å². The van der Waals surface area contributed by atoms with Gasteiger partial charge >= 0.3 is 0 Å². The van der Waals surface area contributed by atoms with Crippen LogP contribution in [0.5, 0.6) is 0 Å². The van der Waals surface area contributed by atoms with Crippen LogP contribution in [0.2, 0.25) is 0 Å². The summed E-state index contributed by atoms with van der Waals surface area (Å²) in [6, 6.07) is 16.1. The number of benzene rings is 2. The maximum atomic E-state index is 12.3. The van der Waals surface area contributed by atoms with Gasteiger partial charge in [0.1, 0.15) is 17.2 Å². The number of carbonyl (C=O) groups excluding carboxylic acids is 1. The van der Waals surface area contributed by atoms with Gasteiger partial charge in [0, 0.05) is 54.0 Å². The van der Waals surface area contributed by atoms with E-state index in [-0.39, 0.29) is 5.69 Å².